The van der Waals surface area contributed by atoms with Crippen LogP contribution < -0.4 is 15.1 Å². The van der Waals surface area contributed by atoms with E-state index < -0.39 is 0 Å². The van der Waals surface area contributed by atoms with E-state index in [2.05, 4.69) is 79.3 Å². The lowest BCUT2D eigenvalue weighted by molar-refractivity contribution is 0.256. The van der Waals surface area contributed by atoms with Gasteiger partial charge in [0.1, 0.15) is 5.82 Å². The molecule has 4 aromatic rings. The highest BCUT2D eigenvalue weighted by Gasteiger charge is 2.19. The molecule has 2 aliphatic rings. The molecule has 2 aliphatic heterocycles. The van der Waals surface area contributed by atoms with E-state index in [1.54, 1.807) is 12.1 Å². The van der Waals surface area contributed by atoms with Crippen LogP contribution in [0.3, 0.4) is 0 Å². The topological polar surface area (TPSA) is 39.6 Å². The molecule has 3 heterocycles. The van der Waals surface area contributed by atoms with Crippen molar-refractivity contribution in [1.29, 1.82) is 0 Å². The fourth-order valence-electron chi connectivity index (χ4n) is 5.86. The zero-order valence-corrected chi connectivity index (χ0v) is 23.2. The monoisotopic (exact) mass is 538 g/mol. The van der Waals surface area contributed by atoms with Gasteiger partial charge in [-0.05, 0) is 61.7 Å². The van der Waals surface area contributed by atoms with Gasteiger partial charge in [-0.3, -0.25) is 4.90 Å². The van der Waals surface area contributed by atoms with Crippen LogP contribution in [0.5, 0.6) is 0 Å². The Morgan fingerprint density at radius 2 is 1.43 bits per heavy atom. The first-order valence-electron chi connectivity index (χ1n) is 14.7. The molecule has 0 aliphatic carbocycles. The van der Waals surface area contributed by atoms with Gasteiger partial charge in [0.15, 0.2) is 0 Å². The Bertz CT molecular complexity index is 1360. The lowest BCUT2D eigenvalue weighted by atomic mass is 10.1. The van der Waals surface area contributed by atoms with Crippen molar-refractivity contribution in [1.82, 2.24) is 20.0 Å². The van der Waals surface area contributed by atoms with Crippen LogP contribution in [0.2, 0.25) is 0 Å². The molecule has 0 saturated carbocycles. The molecule has 2 fully saturated rings. The number of hydrogen-bond donors (Lipinski definition) is 1. The largest absolute Gasteiger partial charge is 0.372 e. The Kier molecular flexibility index (Phi) is 8.40. The van der Waals surface area contributed by atoms with Crippen LogP contribution in [0.1, 0.15) is 25.0 Å². The van der Waals surface area contributed by atoms with Crippen LogP contribution in [0.4, 0.5) is 15.8 Å². The van der Waals surface area contributed by atoms with Gasteiger partial charge in [-0.15, -0.1) is 0 Å². The summed E-state index contributed by atoms with van der Waals surface area (Å²) < 4.78 is 16.2. The van der Waals surface area contributed by atoms with E-state index in [1.807, 2.05) is 18.2 Å². The maximum absolute atomic E-state index is 14.1. The Morgan fingerprint density at radius 1 is 0.700 bits per heavy atom. The molecule has 0 atom stereocenters. The predicted molar refractivity (Wildman–Crippen MR) is 162 cm³/mol. The number of piperazine rings is 1. The zero-order chi connectivity index (χ0) is 27.1. The van der Waals surface area contributed by atoms with Crippen molar-refractivity contribution in [3.63, 3.8) is 0 Å². The first kappa shape index (κ1) is 26.5. The van der Waals surface area contributed by atoms with Gasteiger partial charge in [-0.25, -0.2) is 9.07 Å². The highest BCUT2D eigenvalue weighted by atomic mass is 19.1. The first-order valence-corrected chi connectivity index (χ1v) is 14.7. The summed E-state index contributed by atoms with van der Waals surface area (Å²) >= 11 is 0. The Hall–Kier alpha value is -3.68. The van der Waals surface area contributed by atoms with Crippen molar-refractivity contribution in [2.24, 2.45) is 0 Å². The number of piperidine rings is 1. The van der Waals surface area contributed by atoms with Gasteiger partial charge in [0.2, 0.25) is 0 Å². The third-order valence-corrected chi connectivity index (χ3v) is 8.12. The van der Waals surface area contributed by atoms with Crippen molar-refractivity contribution in [2.75, 3.05) is 62.2 Å². The highest BCUT2D eigenvalue weighted by Crippen LogP contribution is 2.28. The molecule has 0 radical (unpaired) electrons. The van der Waals surface area contributed by atoms with E-state index in [9.17, 15) is 4.39 Å². The summed E-state index contributed by atoms with van der Waals surface area (Å²) in [6.45, 7) is 8.45. The van der Waals surface area contributed by atoms with Crippen LogP contribution in [-0.4, -0.2) is 67.0 Å². The third kappa shape index (κ3) is 6.21. The van der Waals surface area contributed by atoms with Crippen LogP contribution in [0, 0.1) is 5.82 Å². The molecule has 3 aromatic carbocycles. The summed E-state index contributed by atoms with van der Waals surface area (Å²) in [6.07, 6.45) is 3.90. The molecule has 2 saturated heterocycles. The normalized spacial score (nSPS) is 16.4. The number of para-hydroxylation sites is 2. The van der Waals surface area contributed by atoms with Crippen molar-refractivity contribution < 1.29 is 4.39 Å². The molecule has 208 valence electrons. The standard InChI is InChI=1S/C33H39FN6/c34-31-11-5-6-12-32(31)39-23-21-37(22-24-39)20-17-35-26-28-25-33(40(36-28)30-9-3-1-4-10-30)27-13-15-29(16-14-27)38-18-7-2-8-19-38/h1,3-6,9-16,25,35H,2,7-8,17-24,26H2. The lowest BCUT2D eigenvalue weighted by Gasteiger charge is -2.36. The first-order chi connectivity index (χ1) is 19.7. The Balaban J connectivity index is 1.07. The van der Waals surface area contributed by atoms with Gasteiger partial charge in [-0.1, -0.05) is 42.5 Å². The van der Waals surface area contributed by atoms with Crippen molar-refractivity contribution in [2.45, 2.75) is 25.8 Å². The molecule has 40 heavy (non-hydrogen) atoms. The number of rotatable bonds is 9. The molecule has 6 rings (SSSR count). The van der Waals surface area contributed by atoms with E-state index in [1.165, 1.54) is 30.5 Å². The fraction of sp³-hybridized carbons (Fsp3) is 0.364. The average Bonchev–Trinajstić information content (AvgIpc) is 3.45. The van der Waals surface area contributed by atoms with Gasteiger partial charge in [0.25, 0.3) is 0 Å². The van der Waals surface area contributed by atoms with Gasteiger partial charge in [0, 0.05) is 70.2 Å². The Morgan fingerprint density at radius 3 is 2.17 bits per heavy atom. The van der Waals surface area contributed by atoms with E-state index in [4.69, 9.17) is 5.10 Å². The van der Waals surface area contributed by atoms with Crippen LogP contribution >= 0.6 is 0 Å². The van der Waals surface area contributed by atoms with Gasteiger partial charge < -0.3 is 15.1 Å². The maximum Gasteiger partial charge on any atom is 0.146 e. The number of halogens is 1. The number of nitrogens with zero attached hydrogens (tertiary/aromatic N) is 5. The van der Waals surface area contributed by atoms with Gasteiger partial charge >= 0.3 is 0 Å². The summed E-state index contributed by atoms with van der Waals surface area (Å²) in [4.78, 5) is 7.09. The molecule has 0 spiro atoms. The molecule has 7 heteroatoms. The molecule has 1 N–H and O–H groups in total. The number of hydrogen-bond acceptors (Lipinski definition) is 5. The minimum atomic E-state index is -0.134. The van der Waals surface area contributed by atoms with E-state index >= 15 is 0 Å². The minimum Gasteiger partial charge on any atom is -0.372 e. The highest BCUT2D eigenvalue weighted by molar-refractivity contribution is 5.66. The summed E-state index contributed by atoms with van der Waals surface area (Å²) in [5, 5.41) is 8.59. The smallest absolute Gasteiger partial charge is 0.146 e. The lowest BCUT2D eigenvalue weighted by Crippen LogP contribution is -2.48. The quantitative estimate of drug-likeness (QED) is 0.282. The number of nitrogens with one attached hydrogen (secondary N) is 1. The van der Waals surface area contributed by atoms with E-state index in [0.717, 1.165) is 69.4 Å². The second-order valence-electron chi connectivity index (χ2n) is 10.8. The minimum absolute atomic E-state index is 0.134. The van der Waals surface area contributed by atoms with E-state index in [0.29, 0.717) is 12.2 Å². The fourth-order valence-corrected chi connectivity index (χ4v) is 5.86. The number of aromatic nitrogens is 2. The maximum atomic E-state index is 14.1. The summed E-state index contributed by atoms with van der Waals surface area (Å²) in [7, 11) is 0. The van der Waals surface area contributed by atoms with Crippen LogP contribution in [-0.2, 0) is 6.54 Å². The molecule has 6 nitrogen and oxygen atoms in total. The molecular formula is C33H39FN6. The van der Waals surface area contributed by atoms with Crippen LogP contribution in [0.25, 0.3) is 16.9 Å². The number of anilines is 2. The van der Waals surface area contributed by atoms with Gasteiger partial charge in [-0.2, -0.15) is 5.10 Å². The molecule has 0 unspecified atom stereocenters. The molecule has 0 bridgehead atoms. The van der Waals surface area contributed by atoms with Gasteiger partial charge in [0.05, 0.1) is 22.8 Å². The number of benzene rings is 3. The molecule has 1 aromatic heterocycles. The van der Waals surface area contributed by atoms with E-state index in [-0.39, 0.29) is 5.82 Å². The summed E-state index contributed by atoms with van der Waals surface area (Å²) in [6, 6.07) is 28.6. The second-order valence-corrected chi connectivity index (χ2v) is 10.8. The predicted octanol–water partition coefficient (Wildman–Crippen LogP) is 5.58. The third-order valence-electron chi connectivity index (χ3n) is 8.12. The van der Waals surface area contributed by atoms with Crippen molar-refractivity contribution in [3.8, 4) is 16.9 Å². The summed E-state index contributed by atoms with van der Waals surface area (Å²) in [5.41, 5.74) is 6.41. The second kappa shape index (κ2) is 12.7. The molecule has 0 amide bonds. The Labute approximate surface area is 237 Å². The molecular weight excluding hydrogens is 499 g/mol. The van der Waals surface area contributed by atoms with Crippen LogP contribution in [0.15, 0.2) is 84.9 Å². The van der Waals surface area contributed by atoms with Crippen molar-refractivity contribution in [3.05, 3.63) is 96.4 Å². The average molecular weight is 539 g/mol. The summed E-state index contributed by atoms with van der Waals surface area (Å²) in [5.74, 6) is -0.134. The zero-order valence-electron chi connectivity index (χ0n) is 23.2. The van der Waals surface area contributed by atoms with Crippen molar-refractivity contribution >= 4 is 11.4 Å². The SMILES string of the molecule is Fc1ccccc1N1CCN(CCNCc2cc(-c3ccc(N4CCCCC4)cc3)n(-c3ccccc3)n2)CC1.